The van der Waals surface area contributed by atoms with E-state index in [9.17, 15) is 9.90 Å². The Balaban J connectivity index is 1.43. The molecule has 1 saturated heterocycles. The topological polar surface area (TPSA) is 98.5 Å². The Hall–Kier alpha value is -3.60. The fourth-order valence-corrected chi connectivity index (χ4v) is 4.77. The van der Waals surface area contributed by atoms with E-state index < -0.39 is 5.60 Å². The standard InChI is InChI=1S/C30H40N4O6/c1-23-5-8-26(9-6-23)40-22-30(36)20-32(11-12-33(21-30)29(35)19-37-3)18-25-7-10-27(28(15-25)38-4)39-14-13-34-17-24(2)16-31-34/h5-10,15-17,36H,11-14,18-22H2,1-4H3. The summed E-state index contributed by atoms with van der Waals surface area (Å²) in [5, 5.41) is 16.0. The van der Waals surface area contributed by atoms with E-state index in [0.29, 0.717) is 56.6 Å². The Morgan fingerprint density at radius 2 is 1.80 bits per heavy atom. The van der Waals surface area contributed by atoms with Gasteiger partial charge in [-0.15, -0.1) is 0 Å². The fourth-order valence-electron chi connectivity index (χ4n) is 4.77. The van der Waals surface area contributed by atoms with Crippen molar-refractivity contribution in [2.75, 3.05) is 60.2 Å². The highest BCUT2D eigenvalue weighted by Crippen LogP contribution is 2.29. The molecule has 216 valence electrons. The van der Waals surface area contributed by atoms with Crippen molar-refractivity contribution >= 4 is 5.91 Å². The molecule has 10 heteroatoms. The number of carbonyl (C=O) groups is 1. The lowest BCUT2D eigenvalue weighted by Crippen LogP contribution is -2.52. The van der Waals surface area contributed by atoms with Gasteiger partial charge in [-0.1, -0.05) is 23.8 Å². The molecule has 1 aliphatic rings. The predicted octanol–water partition coefficient (Wildman–Crippen LogP) is 2.69. The van der Waals surface area contributed by atoms with Gasteiger partial charge in [0.05, 0.1) is 26.4 Å². The molecule has 10 nitrogen and oxygen atoms in total. The Bertz CT molecular complexity index is 1250. The zero-order valence-corrected chi connectivity index (χ0v) is 23.8. The molecule has 1 unspecified atom stereocenters. The zero-order valence-electron chi connectivity index (χ0n) is 23.8. The van der Waals surface area contributed by atoms with E-state index in [1.807, 2.05) is 73.4 Å². The Labute approximate surface area is 236 Å². The van der Waals surface area contributed by atoms with Crippen LogP contribution in [0, 0.1) is 13.8 Å². The van der Waals surface area contributed by atoms with Crippen molar-refractivity contribution in [3.8, 4) is 17.2 Å². The minimum atomic E-state index is -1.28. The van der Waals surface area contributed by atoms with Crippen LogP contribution in [0.25, 0.3) is 0 Å². The van der Waals surface area contributed by atoms with Crippen molar-refractivity contribution < 1.29 is 28.8 Å². The normalized spacial score (nSPS) is 17.9. The van der Waals surface area contributed by atoms with Crippen molar-refractivity contribution in [2.24, 2.45) is 0 Å². The van der Waals surface area contributed by atoms with Crippen LogP contribution in [0.4, 0.5) is 0 Å². The molecule has 2 aromatic carbocycles. The van der Waals surface area contributed by atoms with Crippen LogP contribution >= 0.6 is 0 Å². The third kappa shape index (κ3) is 8.20. The van der Waals surface area contributed by atoms with Gasteiger partial charge >= 0.3 is 0 Å². The summed E-state index contributed by atoms with van der Waals surface area (Å²) in [7, 11) is 3.11. The molecule has 0 aliphatic carbocycles. The van der Waals surface area contributed by atoms with Gasteiger partial charge in [-0.05, 0) is 49.2 Å². The molecule has 0 saturated carbocycles. The number of methoxy groups -OCH3 is 2. The van der Waals surface area contributed by atoms with Gasteiger partial charge in [-0.2, -0.15) is 5.10 Å². The third-order valence-corrected chi connectivity index (χ3v) is 6.81. The quantitative estimate of drug-likeness (QED) is 0.366. The second kappa shape index (κ2) is 13.6. The number of hydrogen-bond acceptors (Lipinski definition) is 8. The molecule has 1 aromatic heterocycles. The maximum Gasteiger partial charge on any atom is 0.248 e. The Morgan fingerprint density at radius 1 is 1.00 bits per heavy atom. The lowest BCUT2D eigenvalue weighted by atomic mass is 10.0. The molecule has 0 spiro atoms. The first kappa shape index (κ1) is 29.4. The van der Waals surface area contributed by atoms with Crippen LogP contribution < -0.4 is 14.2 Å². The first-order valence-corrected chi connectivity index (χ1v) is 13.5. The molecular formula is C30H40N4O6. The Morgan fingerprint density at radius 3 is 2.50 bits per heavy atom. The summed E-state index contributed by atoms with van der Waals surface area (Å²) in [4.78, 5) is 16.5. The SMILES string of the molecule is COCC(=O)N1CCN(Cc2ccc(OCCn3cc(C)cn3)c(OC)c2)CC(O)(COc2ccc(C)cc2)C1. The number of aliphatic hydroxyl groups is 1. The van der Waals surface area contributed by atoms with Crippen molar-refractivity contribution in [2.45, 2.75) is 32.5 Å². The average Bonchev–Trinajstić information content (AvgIpc) is 3.27. The summed E-state index contributed by atoms with van der Waals surface area (Å²) >= 11 is 0. The van der Waals surface area contributed by atoms with Crippen molar-refractivity contribution in [3.63, 3.8) is 0 Å². The highest BCUT2D eigenvalue weighted by atomic mass is 16.5. The van der Waals surface area contributed by atoms with Crippen LogP contribution in [-0.2, 0) is 22.6 Å². The molecule has 0 bridgehead atoms. The molecule has 1 amide bonds. The molecule has 1 atom stereocenters. The van der Waals surface area contributed by atoms with Crippen molar-refractivity contribution in [1.82, 2.24) is 19.6 Å². The molecule has 1 N–H and O–H groups in total. The van der Waals surface area contributed by atoms with E-state index in [-0.39, 0.29) is 25.7 Å². The maximum absolute atomic E-state index is 12.7. The number of nitrogens with zero attached hydrogens (tertiary/aromatic N) is 4. The number of β-amino-alcohol motifs (C(OH)–C–C–N with tert-alkyl or cyclic N) is 1. The first-order valence-electron chi connectivity index (χ1n) is 13.5. The molecule has 4 rings (SSSR count). The number of rotatable bonds is 12. The highest BCUT2D eigenvalue weighted by molar-refractivity contribution is 5.77. The van der Waals surface area contributed by atoms with Crippen molar-refractivity contribution in [3.05, 3.63) is 71.5 Å². The van der Waals surface area contributed by atoms with Crippen LogP contribution in [0.5, 0.6) is 17.2 Å². The molecule has 2 heterocycles. The molecule has 3 aromatic rings. The number of amides is 1. The minimum absolute atomic E-state index is 0.0342. The van der Waals surface area contributed by atoms with E-state index >= 15 is 0 Å². The molecule has 1 fully saturated rings. The van der Waals surface area contributed by atoms with Gasteiger partial charge in [0, 0.05) is 39.5 Å². The highest BCUT2D eigenvalue weighted by Gasteiger charge is 2.37. The number of hydrogen-bond donors (Lipinski definition) is 1. The summed E-state index contributed by atoms with van der Waals surface area (Å²) < 4.78 is 24.5. The number of carbonyl (C=O) groups excluding carboxylic acids is 1. The fraction of sp³-hybridized carbons (Fsp3) is 0.467. The van der Waals surface area contributed by atoms with Crippen LogP contribution in [0.3, 0.4) is 0 Å². The van der Waals surface area contributed by atoms with E-state index in [2.05, 4.69) is 10.00 Å². The summed E-state index contributed by atoms with van der Waals surface area (Å²) in [6.07, 6.45) is 3.79. The average molecular weight is 553 g/mol. The lowest BCUT2D eigenvalue weighted by molar-refractivity contribution is -0.138. The second-order valence-corrected chi connectivity index (χ2v) is 10.4. The predicted molar refractivity (Wildman–Crippen MR) is 151 cm³/mol. The largest absolute Gasteiger partial charge is 0.493 e. The van der Waals surface area contributed by atoms with E-state index in [1.54, 1.807) is 12.0 Å². The maximum atomic E-state index is 12.7. The van der Waals surface area contributed by atoms with Crippen LogP contribution in [0.15, 0.2) is 54.9 Å². The van der Waals surface area contributed by atoms with E-state index in [0.717, 1.165) is 16.7 Å². The van der Waals surface area contributed by atoms with Crippen LogP contribution in [0.1, 0.15) is 16.7 Å². The van der Waals surface area contributed by atoms with Gasteiger partial charge in [0.25, 0.3) is 0 Å². The van der Waals surface area contributed by atoms with Gasteiger partial charge in [0.2, 0.25) is 5.91 Å². The van der Waals surface area contributed by atoms with Gasteiger partial charge < -0.3 is 29.0 Å². The Kier molecular flexibility index (Phi) is 10.0. The van der Waals surface area contributed by atoms with Crippen LogP contribution in [0.2, 0.25) is 0 Å². The minimum Gasteiger partial charge on any atom is -0.493 e. The number of aromatic nitrogens is 2. The number of benzene rings is 2. The van der Waals surface area contributed by atoms with Gasteiger partial charge in [-0.3, -0.25) is 14.4 Å². The number of ether oxygens (including phenoxy) is 4. The molecular weight excluding hydrogens is 512 g/mol. The van der Waals surface area contributed by atoms with Crippen LogP contribution in [-0.4, -0.2) is 96.4 Å². The summed E-state index contributed by atoms with van der Waals surface area (Å²) in [6.45, 7) is 7.23. The smallest absolute Gasteiger partial charge is 0.248 e. The van der Waals surface area contributed by atoms with E-state index in [4.69, 9.17) is 18.9 Å². The van der Waals surface area contributed by atoms with E-state index in [1.165, 1.54) is 7.11 Å². The summed E-state index contributed by atoms with van der Waals surface area (Å²) in [5.74, 6) is 1.81. The molecule has 40 heavy (non-hydrogen) atoms. The van der Waals surface area contributed by atoms with Gasteiger partial charge in [-0.25, -0.2) is 0 Å². The monoisotopic (exact) mass is 552 g/mol. The third-order valence-electron chi connectivity index (χ3n) is 6.81. The first-order chi connectivity index (χ1) is 19.3. The zero-order chi connectivity index (χ0) is 28.5. The second-order valence-electron chi connectivity index (χ2n) is 10.4. The molecule has 1 aliphatic heterocycles. The molecule has 0 radical (unpaired) electrons. The van der Waals surface area contributed by atoms with Gasteiger partial charge in [0.15, 0.2) is 11.5 Å². The van der Waals surface area contributed by atoms with Crippen molar-refractivity contribution in [1.29, 1.82) is 0 Å². The summed E-state index contributed by atoms with van der Waals surface area (Å²) in [6, 6.07) is 13.5. The lowest BCUT2D eigenvalue weighted by Gasteiger charge is -2.33. The summed E-state index contributed by atoms with van der Waals surface area (Å²) in [5.41, 5.74) is 1.96. The van der Waals surface area contributed by atoms with Gasteiger partial charge in [0.1, 0.15) is 31.2 Å². The number of aryl methyl sites for hydroxylation is 2.